The summed E-state index contributed by atoms with van der Waals surface area (Å²) in [5.41, 5.74) is 7.23. The van der Waals surface area contributed by atoms with Crippen LogP contribution in [0.25, 0.3) is 10.9 Å². The number of amides is 3. The number of imide groups is 1. The number of aryl methyl sites for hydroxylation is 2. The van der Waals surface area contributed by atoms with Gasteiger partial charge in [0.05, 0.1) is 5.52 Å². The second-order valence-electron chi connectivity index (χ2n) is 4.70. The molecule has 3 amide bonds. The number of benzene rings is 1. The Morgan fingerprint density at radius 2 is 2.10 bits per heavy atom. The van der Waals surface area contributed by atoms with E-state index in [1.165, 1.54) is 13.1 Å². The highest BCUT2D eigenvalue weighted by atomic mass is 19.1. The van der Waals surface area contributed by atoms with E-state index in [1.807, 2.05) is 0 Å². The zero-order valence-corrected chi connectivity index (χ0v) is 11.4. The molecule has 1 aromatic heterocycles. The van der Waals surface area contributed by atoms with Gasteiger partial charge < -0.3 is 10.7 Å². The van der Waals surface area contributed by atoms with Gasteiger partial charge >= 0.3 is 6.03 Å². The van der Waals surface area contributed by atoms with Gasteiger partial charge in [0.15, 0.2) is 0 Å². The van der Waals surface area contributed by atoms with Crippen LogP contribution in [0, 0.1) is 12.7 Å². The summed E-state index contributed by atoms with van der Waals surface area (Å²) in [6, 6.07) is 2.32. The highest BCUT2D eigenvalue weighted by molar-refractivity contribution is 5.93. The molecule has 0 fully saturated rings. The van der Waals surface area contributed by atoms with E-state index < -0.39 is 6.03 Å². The van der Waals surface area contributed by atoms with E-state index in [2.05, 4.69) is 4.98 Å². The molecule has 2 aromatic rings. The molecule has 0 radical (unpaired) electrons. The normalized spacial score (nSPS) is 10.8. The third-order valence-corrected chi connectivity index (χ3v) is 3.45. The standard InChI is InChI=1S/C14H16FN3O2/c1-8-11(15)5-4-10-9(7-17-13(8)10)3-6-12(19)18(2)14(16)20/h4-5,7,17H,3,6H2,1-2H3,(H2,16,20). The molecule has 2 rings (SSSR count). The van der Waals surface area contributed by atoms with E-state index in [1.54, 1.807) is 19.2 Å². The Hall–Kier alpha value is -2.37. The largest absolute Gasteiger partial charge is 0.361 e. The van der Waals surface area contributed by atoms with Crippen molar-refractivity contribution < 1.29 is 14.0 Å². The molecule has 0 atom stereocenters. The van der Waals surface area contributed by atoms with Crippen LogP contribution in [0.3, 0.4) is 0 Å². The Morgan fingerprint density at radius 1 is 1.40 bits per heavy atom. The zero-order chi connectivity index (χ0) is 14.9. The Morgan fingerprint density at radius 3 is 2.75 bits per heavy atom. The first-order chi connectivity index (χ1) is 9.41. The highest BCUT2D eigenvalue weighted by Crippen LogP contribution is 2.24. The second-order valence-corrected chi connectivity index (χ2v) is 4.70. The average molecular weight is 277 g/mol. The third kappa shape index (κ3) is 2.49. The molecule has 6 heteroatoms. The van der Waals surface area contributed by atoms with E-state index >= 15 is 0 Å². The van der Waals surface area contributed by atoms with Crippen molar-refractivity contribution in [1.82, 2.24) is 9.88 Å². The lowest BCUT2D eigenvalue weighted by molar-refractivity contribution is -0.127. The lowest BCUT2D eigenvalue weighted by atomic mass is 10.1. The van der Waals surface area contributed by atoms with Gasteiger partial charge in [0, 0.05) is 30.6 Å². The van der Waals surface area contributed by atoms with Crippen molar-refractivity contribution in [2.45, 2.75) is 19.8 Å². The first-order valence-electron chi connectivity index (χ1n) is 6.23. The van der Waals surface area contributed by atoms with Crippen LogP contribution in [0.5, 0.6) is 0 Å². The van der Waals surface area contributed by atoms with Crippen molar-refractivity contribution in [3.8, 4) is 0 Å². The molecule has 20 heavy (non-hydrogen) atoms. The number of nitrogens with two attached hydrogens (primary N) is 1. The van der Waals surface area contributed by atoms with Crippen LogP contribution in [-0.4, -0.2) is 28.9 Å². The molecule has 0 saturated carbocycles. The first-order valence-corrected chi connectivity index (χ1v) is 6.23. The van der Waals surface area contributed by atoms with Crippen LogP contribution in [-0.2, 0) is 11.2 Å². The molecule has 0 aliphatic rings. The lowest BCUT2D eigenvalue weighted by Gasteiger charge is -2.11. The number of primary amides is 1. The topological polar surface area (TPSA) is 79.2 Å². The summed E-state index contributed by atoms with van der Waals surface area (Å²) in [6.45, 7) is 1.70. The number of nitrogens with zero attached hydrogens (tertiary/aromatic N) is 1. The van der Waals surface area contributed by atoms with Crippen LogP contribution in [0.1, 0.15) is 17.5 Å². The molecule has 5 nitrogen and oxygen atoms in total. The predicted octanol–water partition coefficient (Wildman–Crippen LogP) is 2.09. The molecule has 0 bridgehead atoms. The number of aromatic amines is 1. The number of carbonyl (C=O) groups is 2. The van der Waals surface area contributed by atoms with Crippen molar-refractivity contribution in [2.24, 2.45) is 5.73 Å². The number of hydrogen-bond acceptors (Lipinski definition) is 2. The third-order valence-electron chi connectivity index (χ3n) is 3.45. The Labute approximate surface area is 115 Å². The minimum Gasteiger partial charge on any atom is -0.361 e. The number of rotatable bonds is 3. The van der Waals surface area contributed by atoms with Crippen LogP contribution in [0.4, 0.5) is 9.18 Å². The molecule has 106 valence electrons. The van der Waals surface area contributed by atoms with Gasteiger partial charge in [-0.2, -0.15) is 0 Å². The Kier molecular flexibility index (Phi) is 3.74. The van der Waals surface area contributed by atoms with Crippen molar-refractivity contribution in [3.05, 3.63) is 35.3 Å². The Bertz CT molecular complexity index is 678. The molecule has 0 unspecified atom stereocenters. The summed E-state index contributed by atoms with van der Waals surface area (Å²) in [7, 11) is 1.35. The van der Waals surface area contributed by atoms with Crippen molar-refractivity contribution in [2.75, 3.05) is 7.05 Å². The molecule has 0 spiro atoms. The lowest BCUT2D eigenvalue weighted by Crippen LogP contribution is -2.37. The second kappa shape index (κ2) is 5.32. The number of halogens is 1. The number of urea groups is 1. The molecular formula is C14H16FN3O2. The molecule has 0 aliphatic heterocycles. The number of aromatic nitrogens is 1. The smallest absolute Gasteiger partial charge is 0.321 e. The minimum atomic E-state index is -0.771. The maximum Gasteiger partial charge on any atom is 0.321 e. The summed E-state index contributed by atoms with van der Waals surface area (Å²) in [5.74, 6) is -0.610. The van der Waals surface area contributed by atoms with E-state index in [0.717, 1.165) is 21.4 Å². The van der Waals surface area contributed by atoms with Crippen molar-refractivity contribution in [1.29, 1.82) is 0 Å². The number of H-pyrrole nitrogens is 1. The van der Waals surface area contributed by atoms with Gasteiger partial charge in [0.25, 0.3) is 0 Å². The van der Waals surface area contributed by atoms with Crippen molar-refractivity contribution >= 4 is 22.8 Å². The van der Waals surface area contributed by atoms with Crippen LogP contribution in [0.15, 0.2) is 18.3 Å². The van der Waals surface area contributed by atoms with Gasteiger partial charge in [-0.15, -0.1) is 0 Å². The molecule has 3 N–H and O–H groups in total. The highest BCUT2D eigenvalue weighted by Gasteiger charge is 2.15. The van der Waals surface area contributed by atoms with E-state index in [-0.39, 0.29) is 18.1 Å². The Balaban J connectivity index is 2.17. The van der Waals surface area contributed by atoms with Crippen LogP contribution < -0.4 is 5.73 Å². The minimum absolute atomic E-state index is 0.169. The maximum atomic E-state index is 13.4. The summed E-state index contributed by atoms with van der Waals surface area (Å²) in [4.78, 5) is 26.5. The number of hydrogen-bond donors (Lipinski definition) is 2. The van der Waals surface area contributed by atoms with Gasteiger partial charge in [-0.3, -0.25) is 9.69 Å². The number of carbonyl (C=O) groups excluding carboxylic acids is 2. The number of fused-ring (bicyclic) bond motifs is 1. The summed E-state index contributed by atoms with van der Waals surface area (Å²) >= 11 is 0. The number of nitrogens with one attached hydrogen (secondary N) is 1. The van der Waals surface area contributed by atoms with E-state index in [0.29, 0.717) is 12.0 Å². The van der Waals surface area contributed by atoms with Gasteiger partial charge in [-0.1, -0.05) is 0 Å². The van der Waals surface area contributed by atoms with Gasteiger partial charge in [0.2, 0.25) is 5.91 Å². The molecular weight excluding hydrogens is 261 g/mol. The fraction of sp³-hybridized carbons (Fsp3) is 0.286. The fourth-order valence-corrected chi connectivity index (χ4v) is 2.12. The van der Waals surface area contributed by atoms with E-state index in [4.69, 9.17) is 5.73 Å². The van der Waals surface area contributed by atoms with Crippen LogP contribution >= 0.6 is 0 Å². The predicted molar refractivity (Wildman–Crippen MR) is 73.7 cm³/mol. The zero-order valence-electron chi connectivity index (χ0n) is 11.4. The van der Waals surface area contributed by atoms with Gasteiger partial charge in [-0.25, -0.2) is 9.18 Å². The van der Waals surface area contributed by atoms with Crippen molar-refractivity contribution in [3.63, 3.8) is 0 Å². The average Bonchev–Trinajstić information content (AvgIpc) is 2.83. The quantitative estimate of drug-likeness (QED) is 0.900. The fourth-order valence-electron chi connectivity index (χ4n) is 2.12. The summed E-state index contributed by atoms with van der Waals surface area (Å²) in [5, 5.41) is 0.887. The SMILES string of the molecule is Cc1c(F)ccc2c(CCC(=O)N(C)C(N)=O)c[nH]c12. The van der Waals surface area contributed by atoms with Gasteiger partial charge in [0.1, 0.15) is 5.82 Å². The molecule has 0 aliphatic carbocycles. The maximum absolute atomic E-state index is 13.4. The first kappa shape index (κ1) is 14.0. The summed E-state index contributed by atoms with van der Waals surface area (Å²) in [6.07, 6.45) is 2.39. The summed E-state index contributed by atoms with van der Waals surface area (Å²) < 4.78 is 13.4. The van der Waals surface area contributed by atoms with E-state index in [9.17, 15) is 14.0 Å². The van der Waals surface area contributed by atoms with Gasteiger partial charge in [-0.05, 0) is 31.0 Å². The monoisotopic (exact) mass is 277 g/mol. The van der Waals surface area contributed by atoms with Crippen LogP contribution in [0.2, 0.25) is 0 Å². The molecule has 1 aromatic carbocycles. The molecule has 1 heterocycles. The molecule has 0 saturated heterocycles.